The number of aliphatic hydroxyl groups is 1. The predicted molar refractivity (Wildman–Crippen MR) is 119 cm³/mol. The van der Waals surface area contributed by atoms with E-state index in [4.69, 9.17) is 9.72 Å². The Balaban J connectivity index is 1.63. The second-order valence-electron chi connectivity index (χ2n) is 8.31. The number of hydrogen-bond donors (Lipinski definition) is 2. The highest BCUT2D eigenvalue weighted by Crippen LogP contribution is 2.35. The smallest absolute Gasteiger partial charge is 0.309 e. The Bertz CT molecular complexity index is 1010. The molecule has 1 fully saturated rings. The highest BCUT2D eigenvalue weighted by molar-refractivity contribution is 7.99. The largest absolute Gasteiger partial charge is 0.461 e. The molecular weight excluding hydrogens is 396 g/mol. The van der Waals surface area contributed by atoms with Crippen molar-refractivity contribution >= 4 is 17.7 Å². The van der Waals surface area contributed by atoms with Gasteiger partial charge in [0.2, 0.25) is 0 Å². The summed E-state index contributed by atoms with van der Waals surface area (Å²) in [6.45, 7) is 5.83. The number of aromatic amines is 1. The molecule has 4 rings (SSSR count). The number of nitrogens with one attached hydrogen (secondary N) is 1. The van der Waals surface area contributed by atoms with Gasteiger partial charge < -0.3 is 14.8 Å². The fraction of sp³-hybridized carbons (Fsp3) is 0.333. The van der Waals surface area contributed by atoms with E-state index in [0.717, 1.165) is 27.7 Å². The minimum Gasteiger partial charge on any atom is -0.461 e. The number of esters is 1. The van der Waals surface area contributed by atoms with Crippen LogP contribution in [0.5, 0.6) is 0 Å². The van der Waals surface area contributed by atoms with Crippen molar-refractivity contribution in [1.29, 1.82) is 0 Å². The SMILES string of the molecule is Cc1cccc(-c2nc(SC[C@@H]3C[C@@](C)(O)CC(=O)O3)[nH]c2-c2cccc(C)c2)c1. The summed E-state index contributed by atoms with van der Waals surface area (Å²) in [7, 11) is 0. The van der Waals surface area contributed by atoms with Crippen molar-refractivity contribution in [2.45, 2.75) is 50.5 Å². The van der Waals surface area contributed by atoms with Gasteiger partial charge in [-0.25, -0.2) is 4.98 Å². The molecule has 0 saturated carbocycles. The van der Waals surface area contributed by atoms with Gasteiger partial charge in [-0.15, -0.1) is 0 Å². The van der Waals surface area contributed by atoms with Crippen LogP contribution in [0.15, 0.2) is 53.7 Å². The molecule has 0 amide bonds. The maximum Gasteiger partial charge on any atom is 0.309 e. The van der Waals surface area contributed by atoms with Gasteiger partial charge in [-0.1, -0.05) is 59.3 Å². The highest BCUT2D eigenvalue weighted by atomic mass is 32.2. The number of imidazole rings is 1. The average molecular weight is 423 g/mol. The van der Waals surface area contributed by atoms with Crippen LogP contribution in [0.3, 0.4) is 0 Å². The van der Waals surface area contributed by atoms with Gasteiger partial charge in [0.05, 0.1) is 23.4 Å². The monoisotopic (exact) mass is 422 g/mol. The molecule has 1 aliphatic heterocycles. The van der Waals surface area contributed by atoms with Crippen molar-refractivity contribution < 1.29 is 14.6 Å². The van der Waals surface area contributed by atoms with Crippen LogP contribution in [-0.2, 0) is 9.53 Å². The normalized spacial score (nSPS) is 21.5. The van der Waals surface area contributed by atoms with Gasteiger partial charge in [-0.2, -0.15) is 0 Å². The van der Waals surface area contributed by atoms with Gasteiger partial charge >= 0.3 is 5.97 Å². The molecule has 3 aromatic rings. The van der Waals surface area contributed by atoms with Gasteiger partial charge in [-0.3, -0.25) is 4.79 Å². The fourth-order valence-corrected chi connectivity index (χ4v) is 4.70. The summed E-state index contributed by atoms with van der Waals surface area (Å²) in [5.41, 5.74) is 5.36. The Morgan fingerprint density at radius 1 is 1.17 bits per heavy atom. The average Bonchev–Trinajstić information content (AvgIpc) is 3.09. The van der Waals surface area contributed by atoms with E-state index >= 15 is 0 Å². The maximum absolute atomic E-state index is 11.8. The highest BCUT2D eigenvalue weighted by Gasteiger charge is 2.36. The van der Waals surface area contributed by atoms with Gasteiger partial charge in [0.15, 0.2) is 5.16 Å². The van der Waals surface area contributed by atoms with Crippen molar-refractivity contribution in [2.24, 2.45) is 0 Å². The molecule has 1 aromatic heterocycles. The van der Waals surface area contributed by atoms with E-state index in [9.17, 15) is 9.90 Å². The number of cyclic esters (lactones) is 1. The van der Waals surface area contributed by atoms with Crippen LogP contribution in [-0.4, -0.2) is 38.5 Å². The molecule has 2 aromatic carbocycles. The number of rotatable bonds is 5. The molecule has 0 aliphatic carbocycles. The van der Waals surface area contributed by atoms with Crippen molar-refractivity contribution in [3.05, 3.63) is 59.7 Å². The van der Waals surface area contributed by atoms with Crippen molar-refractivity contribution in [1.82, 2.24) is 9.97 Å². The van der Waals surface area contributed by atoms with Gasteiger partial charge in [0, 0.05) is 23.3 Å². The lowest BCUT2D eigenvalue weighted by atomic mass is 9.93. The van der Waals surface area contributed by atoms with Crippen molar-refractivity contribution in [3.8, 4) is 22.5 Å². The van der Waals surface area contributed by atoms with E-state index in [1.54, 1.807) is 6.92 Å². The number of aryl methyl sites for hydroxylation is 2. The van der Waals surface area contributed by atoms with E-state index in [1.807, 2.05) is 12.1 Å². The Morgan fingerprint density at radius 3 is 2.50 bits per heavy atom. The van der Waals surface area contributed by atoms with Crippen LogP contribution >= 0.6 is 11.8 Å². The zero-order valence-electron chi connectivity index (χ0n) is 17.4. The van der Waals surface area contributed by atoms with Crippen molar-refractivity contribution in [2.75, 3.05) is 5.75 Å². The molecule has 2 N–H and O–H groups in total. The number of hydrogen-bond acceptors (Lipinski definition) is 5. The van der Waals surface area contributed by atoms with Crippen LogP contribution < -0.4 is 0 Å². The molecule has 0 bridgehead atoms. The summed E-state index contributed by atoms with van der Waals surface area (Å²) >= 11 is 1.51. The Hall–Kier alpha value is -2.57. The number of ether oxygens (including phenoxy) is 1. The second-order valence-corrected chi connectivity index (χ2v) is 9.31. The summed E-state index contributed by atoms with van der Waals surface area (Å²) < 4.78 is 5.42. The van der Waals surface area contributed by atoms with Crippen LogP contribution in [0.1, 0.15) is 30.9 Å². The quantitative estimate of drug-likeness (QED) is 0.451. The molecule has 2 atom stereocenters. The lowest BCUT2D eigenvalue weighted by Crippen LogP contribution is -2.41. The first-order chi connectivity index (χ1) is 14.3. The fourth-order valence-electron chi connectivity index (χ4n) is 3.84. The Labute approximate surface area is 180 Å². The van der Waals surface area contributed by atoms with E-state index in [-0.39, 0.29) is 18.5 Å². The molecule has 156 valence electrons. The third-order valence-corrected chi connectivity index (χ3v) is 6.18. The molecule has 1 aliphatic rings. The summed E-state index contributed by atoms with van der Waals surface area (Å²) in [6.07, 6.45) is 0.146. The Morgan fingerprint density at radius 2 is 1.83 bits per heavy atom. The van der Waals surface area contributed by atoms with E-state index in [0.29, 0.717) is 12.2 Å². The van der Waals surface area contributed by atoms with Gasteiger partial charge in [-0.05, 0) is 32.9 Å². The topological polar surface area (TPSA) is 75.2 Å². The van der Waals surface area contributed by atoms with E-state index in [1.165, 1.54) is 22.9 Å². The van der Waals surface area contributed by atoms with Crippen LogP contribution in [0, 0.1) is 13.8 Å². The molecule has 6 heteroatoms. The minimum absolute atomic E-state index is 0.0456. The molecule has 5 nitrogen and oxygen atoms in total. The number of H-pyrrole nitrogens is 1. The lowest BCUT2D eigenvalue weighted by molar-refractivity contribution is -0.165. The Kier molecular flexibility index (Phi) is 5.71. The number of benzene rings is 2. The maximum atomic E-state index is 11.8. The number of aromatic nitrogens is 2. The minimum atomic E-state index is -1.01. The molecule has 0 spiro atoms. The van der Waals surface area contributed by atoms with Crippen LogP contribution in [0.2, 0.25) is 0 Å². The first kappa shape index (κ1) is 20.7. The van der Waals surface area contributed by atoms with E-state index in [2.05, 4.69) is 55.2 Å². The summed E-state index contributed by atoms with van der Waals surface area (Å²) in [6, 6.07) is 16.6. The second kappa shape index (κ2) is 8.28. The zero-order valence-corrected chi connectivity index (χ0v) is 18.3. The third kappa shape index (κ3) is 4.77. The molecular formula is C24H26N2O3S. The van der Waals surface area contributed by atoms with E-state index < -0.39 is 5.60 Å². The summed E-state index contributed by atoms with van der Waals surface area (Å²) in [5.74, 6) is 0.188. The number of carbonyl (C=O) groups is 1. The van der Waals surface area contributed by atoms with Crippen LogP contribution in [0.25, 0.3) is 22.5 Å². The van der Waals surface area contributed by atoms with Gasteiger partial charge in [0.1, 0.15) is 6.10 Å². The molecule has 30 heavy (non-hydrogen) atoms. The first-order valence-electron chi connectivity index (χ1n) is 10.1. The number of carbonyl (C=O) groups excluding carboxylic acids is 1. The number of nitrogens with zero attached hydrogens (tertiary/aromatic N) is 1. The summed E-state index contributed by atoms with van der Waals surface area (Å²) in [5, 5.41) is 11.0. The first-order valence-corrected chi connectivity index (χ1v) is 11.1. The molecule has 1 saturated heterocycles. The van der Waals surface area contributed by atoms with Crippen molar-refractivity contribution in [3.63, 3.8) is 0 Å². The predicted octanol–water partition coefficient (Wildman–Crippen LogP) is 4.91. The zero-order chi connectivity index (χ0) is 21.3. The molecule has 2 heterocycles. The molecule has 0 unspecified atom stereocenters. The molecule has 0 radical (unpaired) electrons. The third-order valence-electron chi connectivity index (χ3n) is 5.18. The van der Waals surface area contributed by atoms with Crippen LogP contribution in [0.4, 0.5) is 0 Å². The number of thioether (sulfide) groups is 1. The standard InChI is InChI=1S/C24H26N2O3S/c1-15-6-4-8-17(10-15)21-22(18-9-5-7-16(2)11-18)26-23(25-21)30-14-19-12-24(3,28)13-20(27)29-19/h4-11,19,28H,12-14H2,1-3H3,(H,25,26)/t19-,24+/m0/s1. The summed E-state index contributed by atoms with van der Waals surface area (Å²) in [4.78, 5) is 20.1. The lowest BCUT2D eigenvalue weighted by Gasteiger charge is -2.32. The van der Waals surface area contributed by atoms with Gasteiger partial charge in [0.25, 0.3) is 0 Å².